The van der Waals surface area contributed by atoms with Crippen LogP contribution in [0, 0.1) is 6.92 Å². The summed E-state index contributed by atoms with van der Waals surface area (Å²) in [5.41, 5.74) is 2.63. The molecule has 2 aromatic carbocycles. The lowest BCUT2D eigenvalue weighted by Gasteiger charge is -2.34. The third kappa shape index (κ3) is 4.00. The van der Waals surface area contributed by atoms with Crippen LogP contribution in [-0.2, 0) is 4.79 Å². The molecule has 2 aliphatic rings. The van der Waals surface area contributed by atoms with Crippen molar-refractivity contribution in [3.63, 3.8) is 0 Å². The first-order valence-electron chi connectivity index (χ1n) is 10.9. The van der Waals surface area contributed by atoms with E-state index in [9.17, 15) is 9.59 Å². The average molecular weight is 453 g/mol. The number of hydrogen-bond acceptors (Lipinski definition) is 5. The summed E-state index contributed by atoms with van der Waals surface area (Å²) < 4.78 is 11.4. The first-order chi connectivity index (χ1) is 15.4. The fraction of sp³-hybridized carbons (Fsp3) is 0.360. The maximum atomic E-state index is 12.9. The molecule has 32 heavy (non-hydrogen) atoms. The molecule has 2 fully saturated rings. The summed E-state index contributed by atoms with van der Waals surface area (Å²) in [6, 6.07) is 13.2. The Morgan fingerprint density at radius 3 is 2.59 bits per heavy atom. The normalized spacial score (nSPS) is 21.0. The van der Waals surface area contributed by atoms with Crippen LogP contribution in [0.15, 0.2) is 51.7 Å². The molecule has 0 aliphatic carbocycles. The second-order valence-corrected chi connectivity index (χ2v) is 9.17. The predicted molar refractivity (Wildman–Crippen MR) is 124 cm³/mol. The second-order valence-electron chi connectivity index (χ2n) is 8.74. The highest BCUT2D eigenvalue weighted by Gasteiger charge is 2.36. The van der Waals surface area contributed by atoms with Crippen molar-refractivity contribution in [2.24, 2.45) is 0 Å². The smallest absolute Gasteiger partial charge is 0.336 e. The summed E-state index contributed by atoms with van der Waals surface area (Å²) in [7, 11) is 0. The molecule has 166 valence electrons. The van der Waals surface area contributed by atoms with E-state index in [1.807, 2.05) is 36.1 Å². The van der Waals surface area contributed by atoms with Gasteiger partial charge in [-0.2, -0.15) is 0 Å². The molecule has 2 aliphatic heterocycles. The topological polar surface area (TPSA) is 71.8 Å². The number of ether oxygens (including phenoxy) is 1. The van der Waals surface area contributed by atoms with Gasteiger partial charge in [0, 0.05) is 53.3 Å². The summed E-state index contributed by atoms with van der Waals surface area (Å²) in [5.74, 6) is 0.472. The summed E-state index contributed by atoms with van der Waals surface area (Å²) in [6.45, 7) is 5.16. The Balaban J connectivity index is 1.41. The van der Waals surface area contributed by atoms with Crippen molar-refractivity contribution in [3.05, 3.63) is 63.5 Å². The molecule has 1 amide bonds. The van der Waals surface area contributed by atoms with E-state index in [1.54, 1.807) is 19.1 Å². The highest BCUT2D eigenvalue weighted by molar-refractivity contribution is 6.30. The second kappa shape index (κ2) is 8.26. The fourth-order valence-corrected chi connectivity index (χ4v) is 5.08. The molecule has 0 saturated carbocycles. The van der Waals surface area contributed by atoms with E-state index in [2.05, 4.69) is 5.32 Å². The molecule has 6 nitrogen and oxygen atoms in total. The number of nitrogens with zero attached hydrogens (tertiary/aromatic N) is 1. The summed E-state index contributed by atoms with van der Waals surface area (Å²) >= 11 is 6.09. The third-order valence-corrected chi connectivity index (χ3v) is 6.62. The molecular weight excluding hydrogens is 428 g/mol. The minimum absolute atomic E-state index is 0.0181. The standard InChI is InChI=1S/C25H25ClN2O4/c1-14-9-16(26)3-7-20(14)22-11-24(29)32-23-10-19(6-8-21(22)23)31-15(2)25(30)28-12-17-4-5-18(13-28)27-17/h3,6-11,15,17-18,27H,4-5,12-13H2,1-2H3/t15-,17?,18?/m1/s1. The molecule has 3 aromatic rings. The Bertz CT molecular complexity index is 1240. The summed E-state index contributed by atoms with van der Waals surface area (Å²) in [4.78, 5) is 27.1. The largest absolute Gasteiger partial charge is 0.481 e. The van der Waals surface area contributed by atoms with E-state index in [1.165, 1.54) is 6.07 Å². The predicted octanol–water partition coefficient (Wildman–Crippen LogP) is 4.15. The number of carbonyl (C=O) groups is 1. The monoisotopic (exact) mass is 452 g/mol. The Hall–Kier alpha value is -2.83. The fourth-order valence-electron chi connectivity index (χ4n) is 4.86. The zero-order chi connectivity index (χ0) is 22.4. The van der Waals surface area contributed by atoms with Crippen molar-refractivity contribution in [3.8, 4) is 16.9 Å². The average Bonchev–Trinajstić information content (AvgIpc) is 3.09. The van der Waals surface area contributed by atoms with Gasteiger partial charge in [0.2, 0.25) is 0 Å². The van der Waals surface area contributed by atoms with Crippen LogP contribution in [0.25, 0.3) is 22.1 Å². The lowest BCUT2D eigenvalue weighted by molar-refractivity contribution is -0.139. The van der Waals surface area contributed by atoms with Crippen LogP contribution in [0.4, 0.5) is 0 Å². The van der Waals surface area contributed by atoms with Gasteiger partial charge in [-0.3, -0.25) is 4.79 Å². The number of likely N-dealkylation sites (tertiary alicyclic amines) is 1. The molecule has 2 bridgehead atoms. The minimum atomic E-state index is -0.627. The zero-order valence-electron chi connectivity index (χ0n) is 18.1. The molecule has 5 rings (SSSR count). The van der Waals surface area contributed by atoms with Crippen LogP contribution in [0.5, 0.6) is 5.75 Å². The molecule has 7 heteroatoms. The number of piperazine rings is 1. The van der Waals surface area contributed by atoms with Gasteiger partial charge >= 0.3 is 5.63 Å². The van der Waals surface area contributed by atoms with E-state index < -0.39 is 11.7 Å². The van der Waals surface area contributed by atoms with E-state index in [0.29, 0.717) is 28.4 Å². The highest BCUT2D eigenvalue weighted by Crippen LogP contribution is 2.33. The lowest BCUT2D eigenvalue weighted by atomic mass is 9.98. The van der Waals surface area contributed by atoms with Crippen LogP contribution in [0.1, 0.15) is 25.3 Å². The maximum absolute atomic E-state index is 12.9. The number of rotatable bonds is 4. The Kier molecular flexibility index (Phi) is 5.43. The summed E-state index contributed by atoms with van der Waals surface area (Å²) in [5, 5.41) is 4.97. The van der Waals surface area contributed by atoms with Gasteiger partial charge in [-0.1, -0.05) is 17.7 Å². The Morgan fingerprint density at radius 2 is 1.88 bits per heavy atom. The van der Waals surface area contributed by atoms with Crippen molar-refractivity contribution in [1.29, 1.82) is 0 Å². The SMILES string of the molecule is Cc1cc(Cl)ccc1-c1cc(=O)oc2cc(O[C@H](C)C(=O)N3CC4CCC(C3)N4)ccc12. The van der Waals surface area contributed by atoms with Crippen molar-refractivity contribution < 1.29 is 13.9 Å². The first kappa shape index (κ1) is 21.0. The van der Waals surface area contributed by atoms with E-state index in [0.717, 1.165) is 48.0 Å². The van der Waals surface area contributed by atoms with Gasteiger partial charge in [0.25, 0.3) is 5.91 Å². The quantitative estimate of drug-likeness (QED) is 0.602. The van der Waals surface area contributed by atoms with Crippen LogP contribution in [-0.4, -0.2) is 42.1 Å². The van der Waals surface area contributed by atoms with Gasteiger partial charge in [0.1, 0.15) is 11.3 Å². The molecule has 2 saturated heterocycles. The molecule has 1 aromatic heterocycles. The minimum Gasteiger partial charge on any atom is -0.481 e. The van der Waals surface area contributed by atoms with Gasteiger partial charge in [-0.05, 0) is 62.1 Å². The molecule has 1 N–H and O–H groups in total. The number of halogens is 1. The first-order valence-corrected chi connectivity index (χ1v) is 11.3. The van der Waals surface area contributed by atoms with Crippen molar-refractivity contribution in [1.82, 2.24) is 10.2 Å². The number of nitrogens with one attached hydrogen (secondary N) is 1. The molecule has 0 spiro atoms. The van der Waals surface area contributed by atoms with Gasteiger partial charge in [0.05, 0.1) is 0 Å². The Morgan fingerprint density at radius 1 is 1.12 bits per heavy atom. The number of benzene rings is 2. The highest BCUT2D eigenvalue weighted by atomic mass is 35.5. The molecular formula is C25H25ClN2O4. The number of amides is 1. The van der Waals surface area contributed by atoms with Crippen molar-refractivity contribution >= 4 is 28.5 Å². The number of hydrogen-bond donors (Lipinski definition) is 1. The van der Waals surface area contributed by atoms with Crippen LogP contribution in [0.2, 0.25) is 5.02 Å². The maximum Gasteiger partial charge on any atom is 0.336 e. The summed E-state index contributed by atoms with van der Waals surface area (Å²) in [6.07, 6.45) is 1.60. The lowest BCUT2D eigenvalue weighted by Crippen LogP contribution is -2.55. The van der Waals surface area contributed by atoms with Crippen molar-refractivity contribution in [2.75, 3.05) is 13.1 Å². The van der Waals surface area contributed by atoms with Gasteiger partial charge in [-0.25, -0.2) is 4.79 Å². The van der Waals surface area contributed by atoms with E-state index in [-0.39, 0.29) is 5.91 Å². The van der Waals surface area contributed by atoms with Crippen molar-refractivity contribution in [2.45, 2.75) is 44.9 Å². The molecule has 2 unspecified atom stereocenters. The van der Waals surface area contributed by atoms with Gasteiger partial charge in [0.15, 0.2) is 6.10 Å². The molecule has 0 radical (unpaired) electrons. The molecule has 3 heterocycles. The number of carbonyl (C=O) groups excluding carboxylic acids is 1. The zero-order valence-corrected chi connectivity index (χ0v) is 18.8. The van der Waals surface area contributed by atoms with Crippen LogP contribution >= 0.6 is 11.6 Å². The Labute approximate surface area is 191 Å². The molecule has 3 atom stereocenters. The van der Waals surface area contributed by atoms with E-state index in [4.69, 9.17) is 20.8 Å². The van der Waals surface area contributed by atoms with E-state index >= 15 is 0 Å². The van der Waals surface area contributed by atoms with Crippen LogP contribution < -0.4 is 15.7 Å². The third-order valence-electron chi connectivity index (χ3n) is 6.38. The van der Waals surface area contributed by atoms with Crippen LogP contribution in [0.3, 0.4) is 0 Å². The number of fused-ring (bicyclic) bond motifs is 3. The van der Waals surface area contributed by atoms with Gasteiger partial charge in [-0.15, -0.1) is 0 Å². The van der Waals surface area contributed by atoms with Gasteiger partial charge < -0.3 is 19.4 Å². The number of aryl methyl sites for hydroxylation is 1.